The maximum atomic E-state index is 12.1. The van der Waals surface area contributed by atoms with Gasteiger partial charge in [-0.2, -0.15) is 8.42 Å². The zero-order chi connectivity index (χ0) is 19.5. The first-order chi connectivity index (χ1) is 11.9. The zero-order valence-corrected chi connectivity index (χ0v) is 14.2. The first-order valence-corrected chi connectivity index (χ1v) is 8.97. The number of carbonyl (C=O) groups is 1. The average molecular weight is 400 g/mol. The van der Waals surface area contributed by atoms with Crippen molar-refractivity contribution < 1.29 is 45.1 Å². The predicted octanol–water partition coefficient (Wildman–Crippen LogP) is 1.46. The van der Waals surface area contributed by atoms with Crippen molar-refractivity contribution in [3.63, 3.8) is 0 Å². The lowest BCUT2D eigenvalue weighted by Gasteiger charge is -2.19. The van der Waals surface area contributed by atoms with Crippen LogP contribution < -0.4 is 9.47 Å². The van der Waals surface area contributed by atoms with Crippen LogP contribution in [0, 0.1) is 0 Å². The second-order valence-electron chi connectivity index (χ2n) is 5.43. The smallest absolute Gasteiger partial charge is 0.472 e. The van der Waals surface area contributed by atoms with E-state index in [0.29, 0.717) is 0 Å². The number of rotatable bonds is 6. The minimum absolute atomic E-state index is 0.0282. The zero-order valence-electron chi connectivity index (χ0n) is 13.3. The molecule has 26 heavy (non-hydrogen) atoms. The summed E-state index contributed by atoms with van der Waals surface area (Å²) in [6, 6.07) is 1.40. The Kier molecular flexibility index (Phi) is 5.81. The van der Waals surface area contributed by atoms with Gasteiger partial charge >= 0.3 is 12.5 Å². The molecule has 1 aromatic heterocycles. The van der Waals surface area contributed by atoms with Crippen molar-refractivity contribution >= 4 is 16.2 Å². The molecule has 1 saturated heterocycles. The molecule has 9 nitrogen and oxygen atoms in total. The maximum absolute atomic E-state index is 12.1. The standard InChI is InChI=1S/C13H15F3N2O7S/c1-26(21,22)23-7-8-4-10(6-18(8)12(19)20)24-11-3-2-9(5-17-11)25-13(14,15)16/h2-3,5,8,10H,4,6-7H2,1H3,(H,19,20)/t8-,10-/m0/s1. The van der Waals surface area contributed by atoms with Gasteiger partial charge in [-0.05, 0) is 6.07 Å². The average Bonchev–Trinajstić information content (AvgIpc) is 2.88. The van der Waals surface area contributed by atoms with E-state index < -0.39 is 40.5 Å². The van der Waals surface area contributed by atoms with Gasteiger partial charge in [-0.25, -0.2) is 9.78 Å². The third-order valence-electron chi connectivity index (χ3n) is 3.33. The Morgan fingerprint density at radius 3 is 2.62 bits per heavy atom. The molecular formula is C13H15F3N2O7S. The molecule has 1 N–H and O–H groups in total. The van der Waals surface area contributed by atoms with Crippen molar-refractivity contribution in [2.24, 2.45) is 0 Å². The van der Waals surface area contributed by atoms with E-state index in [1.54, 1.807) is 0 Å². The highest BCUT2D eigenvalue weighted by Gasteiger charge is 2.37. The van der Waals surface area contributed by atoms with Crippen LogP contribution in [0.25, 0.3) is 0 Å². The second-order valence-corrected chi connectivity index (χ2v) is 7.08. The number of hydrogen-bond donors (Lipinski definition) is 1. The summed E-state index contributed by atoms with van der Waals surface area (Å²) in [6.45, 7) is -0.438. The highest BCUT2D eigenvalue weighted by atomic mass is 32.2. The van der Waals surface area contributed by atoms with E-state index in [-0.39, 0.29) is 25.5 Å². The van der Waals surface area contributed by atoms with Crippen LogP contribution in [0.3, 0.4) is 0 Å². The van der Waals surface area contributed by atoms with Crippen molar-refractivity contribution in [3.8, 4) is 11.6 Å². The third-order valence-corrected chi connectivity index (χ3v) is 3.89. The molecule has 0 aliphatic carbocycles. The molecule has 1 fully saturated rings. The highest BCUT2D eigenvalue weighted by molar-refractivity contribution is 7.85. The monoisotopic (exact) mass is 400 g/mol. The van der Waals surface area contributed by atoms with E-state index >= 15 is 0 Å². The Labute approximate surface area is 146 Å². The minimum Gasteiger partial charge on any atom is -0.472 e. The number of ether oxygens (including phenoxy) is 2. The molecule has 0 radical (unpaired) electrons. The topological polar surface area (TPSA) is 115 Å². The molecule has 0 aromatic carbocycles. The molecule has 1 aliphatic heterocycles. The molecule has 1 aliphatic rings. The Balaban J connectivity index is 1.98. The SMILES string of the molecule is CS(=O)(=O)OC[C@@H]1C[C@H](Oc2ccc(OC(F)(F)F)cn2)CN1C(=O)O. The number of alkyl halides is 3. The molecule has 0 unspecified atom stereocenters. The normalized spacial score (nSPS) is 20.8. The molecule has 2 atom stereocenters. The predicted molar refractivity (Wildman–Crippen MR) is 79.3 cm³/mol. The van der Waals surface area contributed by atoms with Crippen LogP contribution in [0.5, 0.6) is 11.6 Å². The number of aromatic nitrogens is 1. The van der Waals surface area contributed by atoms with Gasteiger partial charge in [0.2, 0.25) is 5.88 Å². The third kappa shape index (κ3) is 6.22. The number of nitrogens with zero attached hydrogens (tertiary/aromatic N) is 2. The molecular weight excluding hydrogens is 385 g/mol. The molecule has 2 rings (SSSR count). The Bertz CT molecular complexity index is 739. The molecule has 13 heteroatoms. The van der Waals surface area contributed by atoms with E-state index in [9.17, 15) is 26.4 Å². The quantitative estimate of drug-likeness (QED) is 0.714. The van der Waals surface area contributed by atoms with Gasteiger partial charge in [0.25, 0.3) is 10.1 Å². The number of pyridine rings is 1. The van der Waals surface area contributed by atoms with E-state index in [1.165, 1.54) is 0 Å². The second kappa shape index (κ2) is 7.53. The fraction of sp³-hybridized carbons (Fsp3) is 0.538. The van der Waals surface area contributed by atoms with Crippen LogP contribution in [-0.2, 0) is 14.3 Å². The van der Waals surface area contributed by atoms with E-state index in [4.69, 9.17) is 9.84 Å². The lowest BCUT2D eigenvalue weighted by Crippen LogP contribution is -2.38. The molecule has 2 heterocycles. The van der Waals surface area contributed by atoms with Gasteiger partial charge in [0, 0.05) is 12.5 Å². The Morgan fingerprint density at radius 2 is 2.12 bits per heavy atom. The van der Waals surface area contributed by atoms with E-state index in [1.807, 2.05) is 0 Å². The van der Waals surface area contributed by atoms with Crippen molar-refractivity contribution in [3.05, 3.63) is 18.3 Å². The van der Waals surface area contributed by atoms with Crippen molar-refractivity contribution in [2.45, 2.75) is 24.9 Å². The van der Waals surface area contributed by atoms with E-state index in [2.05, 4.69) is 13.9 Å². The lowest BCUT2D eigenvalue weighted by molar-refractivity contribution is -0.274. The summed E-state index contributed by atoms with van der Waals surface area (Å²) in [6.07, 6.45) is -5.00. The summed E-state index contributed by atoms with van der Waals surface area (Å²) >= 11 is 0. The minimum atomic E-state index is -4.84. The molecule has 146 valence electrons. The van der Waals surface area contributed by atoms with Crippen LogP contribution in [-0.4, -0.2) is 67.4 Å². The summed E-state index contributed by atoms with van der Waals surface area (Å²) in [4.78, 5) is 15.9. The van der Waals surface area contributed by atoms with Gasteiger partial charge in [-0.15, -0.1) is 13.2 Å². The van der Waals surface area contributed by atoms with Gasteiger partial charge in [0.15, 0.2) is 0 Å². The summed E-state index contributed by atoms with van der Waals surface area (Å²) in [7, 11) is -3.74. The fourth-order valence-corrected chi connectivity index (χ4v) is 2.76. The van der Waals surface area contributed by atoms with Crippen LogP contribution >= 0.6 is 0 Å². The van der Waals surface area contributed by atoms with Gasteiger partial charge < -0.3 is 14.6 Å². The van der Waals surface area contributed by atoms with Crippen molar-refractivity contribution in [1.29, 1.82) is 0 Å². The molecule has 0 bridgehead atoms. The van der Waals surface area contributed by atoms with Crippen molar-refractivity contribution in [1.82, 2.24) is 9.88 Å². The van der Waals surface area contributed by atoms with Gasteiger partial charge in [-0.1, -0.05) is 0 Å². The summed E-state index contributed by atoms with van der Waals surface area (Å²) in [5.74, 6) is -0.553. The first-order valence-electron chi connectivity index (χ1n) is 7.15. The highest BCUT2D eigenvalue weighted by Crippen LogP contribution is 2.26. The summed E-state index contributed by atoms with van der Waals surface area (Å²) < 4.78 is 72.1. The number of likely N-dealkylation sites (tertiary alicyclic amines) is 1. The fourth-order valence-electron chi connectivity index (χ4n) is 2.35. The number of carboxylic acid groups (broad SMARTS) is 1. The Hall–Kier alpha value is -2.28. The Morgan fingerprint density at radius 1 is 1.42 bits per heavy atom. The lowest BCUT2D eigenvalue weighted by atomic mass is 10.2. The number of halogens is 3. The van der Waals surface area contributed by atoms with E-state index in [0.717, 1.165) is 29.5 Å². The van der Waals surface area contributed by atoms with Crippen LogP contribution in [0.4, 0.5) is 18.0 Å². The molecule has 0 saturated carbocycles. The van der Waals surface area contributed by atoms with Crippen molar-refractivity contribution in [2.75, 3.05) is 19.4 Å². The van der Waals surface area contributed by atoms with Gasteiger partial charge in [0.05, 0.1) is 31.6 Å². The van der Waals surface area contributed by atoms with Crippen LogP contribution in [0.1, 0.15) is 6.42 Å². The molecule has 1 aromatic rings. The first kappa shape index (κ1) is 20.0. The van der Waals surface area contributed by atoms with Gasteiger partial charge in [-0.3, -0.25) is 9.08 Å². The number of amides is 1. The largest absolute Gasteiger partial charge is 0.573 e. The maximum Gasteiger partial charge on any atom is 0.573 e. The molecule has 0 spiro atoms. The summed E-state index contributed by atoms with van der Waals surface area (Å²) in [5.41, 5.74) is 0. The summed E-state index contributed by atoms with van der Waals surface area (Å²) in [5, 5.41) is 9.17. The van der Waals surface area contributed by atoms with Gasteiger partial charge in [0.1, 0.15) is 11.9 Å². The van der Waals surface area contributed by atoms with Crippen LogP contribution in [0.15, 0.2) is 18.3 Å². The molecule has 1 amide bonds. The van der Waals surface area contributed by atoms with Crippen LogP contribution in [0.2, 0.25) is 0 Å². The number of hydrogen-bond acceptors (Lipinski definition) is 7.